The van der Waals surface area contributed by atoms with E-state index in [1.165, 1.54) is 6.33 Å². The van der Waals surface area contributed by atoms with Gasteiger partial charge in [0, 0.05) is 36.7 Å². The molecule has 3 aromatic rings. The Hall–Kier alpha value is -2.61. The predicted octanol–water partition coefficient (Wildman–Crippen LogP) is 1.80. The van der Waals surface area contributed by atoms with Crippen molar-refractivity contribution in [2.24, 2.45) is 0 Å². The lowest BCUT2D eigenvalue weighted by molar-refractivity contribution is 0.690. The van der Waals surface area contributed by atoms with E-state index in [-0.39, 0.29) is 0 Å². The third kappa shape index (κ3) is 2.92. The van der Waals surface area contributed by atoms with Gasteiger partial charge in [-0.25, -0.2) is 9.19 Å². The lowest BCUT2D eigenvalue weighted by atomic mass is 10.0. The van der Waals surface area contributed by atoms with Gasteiger partial charge in [0.05, 0.1) is 16.3 Å². The van der Waals surface area contributed by atoms with Gasteiger partial charge in [-0.05, 0) is 24.6 Å². The summed E-state index contributed by atoms with van der Waals surface area (Å²) in [6.07, 6.45) is 2.18. The highest BCUT2D eigenvalue weighted by Crippen LogP contribution is 2.24. The minimum atomic E-state index is -1.38. The number of rotatable bonds is 5. The summed E-state index contributed by atoms with van der Waals surface area (Å²) in [7, 11) is 2.56. The van der Waals surface area contributed by atoms with Crippen LogP contribution in [0.15, 0.2) is 35.5 Å². The molecule has 1 unspecified atom stereocenters. The van der Waals surface area contributed by atoms with E-state index >= 15 is 0 Å². The van der Waals surface area contributed by atoms with Gasteiger partial charge >= 0.3 is 0 Å². The first-order valence-corrected chi connectivity index (χ1v) is 8.59. The number of nitrogens with one attached hydrogen (secondary N) is 1. The molecule has 2 heterocycles. The quantitative estimate of drug-likeness (QED) is 0.564. The lowest BCUT2D eigenvalue weighted by Crippen LogP contribution is -2.18. The normalized spacial score (nSPS) is 12.3. The van der Waals surface area contributed by atoms with Crippen LogP contribution in [0.1, 0.15) is 16.8 Å². The van der Waals surface area contributed by atoms with Gasteiger partial charge in [0.1, 0.15) is 12.1 Å². The van der Waals surface area contributed by atoms with Gasteiger partial charge in [0.2, 0.25) is 0 Å². The molecule has 0 aliphatic heterocycles. The van der Waals surface area contributed by atoms with E-state index < -0.39 is 10.8 Å². The Balaban J connectivity index is 2.03. The molecule has 24 heavy (non-hydrogen) atoms. The van der Waals surface area contributed by atoms with Crippen molar-refractivity contribution in [3.05, 3.63) is 47.4 Å². The molecule has 124 valence electrons. The van der Waals surface area contributed by atoms with Crippen molar-refractivity contribution in [1.29, 1.82) is 5.41 Å². The van der Waals surface area contributed by atoms with Crippen molar-refractivity contribution in [2.45, 2.75) is 18.2 Å². The topological polar surface area (TPSA) is 87.2 Å². The van der Waals surface area contributed by atoms with E-state index in [9.17, 15) is 4.21 Å². The number of fused-ring (bicyclic) bond motifs is 1. The Morgan fingerprint density at radius 2 is 2.00 bits per heavy atom. The Morgan fingerprint density at radius 1 is 1.29 bits per heavy atom. The second-order valence-electron chi connectivity index (χ2n) is 5.60. The maximum atomic E-state index is 11.6. The van der Waals surface area contributed by atoms with Crippen LogP contribution in [-0.4, -0.2) is 43.4 Å². The van der Waals surface area contributed by atoms with E-state index in [0.717, 1.165) is 28.2 Å². The summed E-state index contributed by atoms with van der Waals surface area (Å²) in [4.78, 5) is 11.3. The Bertz CT molecular complexity index is 916. The summed E-state index contributed by atoms with van der Waals surface area (Å²) >= 11 is 0. The van der Waals surface area contributed by atoms with Gasteiger partial charge in [0.25, 0.3) is 5.78 Å². The summed E-state index contributed by atoms with van der Waals surface area (Å²) in [5, 5.41) is 11.4. The summed E-state index contributed by atoms with van der Waals surface area (Å²) in [6.45, 7) is 1.97. The molecule has 0 saturated heterocycles. The van der Waals surface area contributed by atoms with Crippen molar-refractivity contribution in [3.8, 4) is 0 Å². The van der Waals surface area contributed by atoms with E-state index in [0.29, 0.717) is 17.1 Å². The molecule has 1 aromatic carbocycles. The molecule has 1 N–H and O–H groups in total. The average Bonchev–Trinajstić information content (AvgIpc) is 3.02. The van der Waals surface area contributed by atoms with Crippen molar-refractivity contribution in [2.75, 3.05) is 19.0 Å². The molecule has 7 nitrogen and oxygen atoms in total. The molecule has 0 aliphatic rings. The molecule has 0 amide bonds. The van der Waals surface area contributed by atoms with Gasteiger partial charge in [-0.3, -0.25) is 5.41 Å². The number of aromatic nitrogens is 4. The van der Waals surface area contributed by atoms with E-state index in [1.807, 2.05) is 38.1 Å². The molecule has 0 spiro atoms. The first-order chi connectivity index (χ1) is 11.5. The van der Waals surface area contributed by atoms with E-state index in [1.54, 1.807) is 16.6 Å². The van der Waals surface area contributed by atoms with Crippen LogP contribution in [0.5, 0.6) is 0 Å². The summed E-state index contributed by atoms with van der Waals surface area (Å²) < 4.78 is 13.4. The summed E-state index contributed by atoms with van der Waals surface area (Å²) in [5.74, 6) is 1.53. The molecule has 0 bridgehead atoms. The fourth-order valence-corrected chi connectivity index (χ4v) is 3.19. The van der Waals surface area contributed by atoms with Crippen LogP contribution in [0.2, 0.25) is 0 Å². The van der Waals surface area contributed by atoms with Crippen molar-refractivity contribution in [3.63, 3.8) is 0 Å². The van der Waals surface area contributed by atoms with Crippen molar-refractivity contribution >= 4 is 27.9 Å². The first kappa shape index (κ1) is 16.3. The zero-order valence-corrected chi connectivity index (χ0v) is 14.5. The lowest BCUT2D eigenvalue weighted by Gasteiger charge is -2.19. The minimum absolute atomic E-state index is 0.580. The molecular weight excluding hydrogens is 324 g/mol. The molecule has 1 atom stereocenters. The van der Waals surface area contributed by atoms with Crippen LogP contribution in [0.4, 0.5) is 5.82 Å². The minimum Gasteiger partial charge on any atom is -0.362 e. The largest absolute Gasteiger partial charge is 0.362 e. The highest BCUT2D eigenvalue weighted by molar-refractivity contribution is 7.98. The average molecular weight is 342 g/mol. The van der Waals surface area contributed by atoms with Crippen molar-refractivity contribution in [1.82, 2.24) is 19.6 Å². The van der Waals surface area contributed by atoms with E-state index in [4.69, 9.17) is 5.41 Å². The summed E-state index contributed by atoms with van der Waals surface area (Å²) in [5.41, 5.74) is 3.99. The van der Waals surface area contributed by atoms with Crippen LogP contribution >= 0.6 is 0 Å². The van der Waals surface area contributed by atoms with Crippen LogP contribution in [-0.2, 0) is 17.2 Å². The molecule has 0 radical (unpaired) electrons. The Labute approximate surface area is 142 Å². The number of nitrogens with zero attached hydrogens (tertiary/aromatic N) is 5. The Morgan fingerprint density at radius 3 is 2.62 bits per heavy atom. The monoisotopic (exact) mass is 342 g/mol. The number of benzene rings is 1. The number of aryl methyl sites for hydroxylation is 1. The number of anilines is 1. The molecule has 0 fully saturated rings. The van der Waals surface area contributed by atoms with Gasteiger partial charge < -0.3 is 4.90 Å². The fraction of sp³-hybridized carbons (Fsp3) is 0.250. The molecule has 0 aliphatic carbocycles. The smallest absolute Gasteiger partial charge is 0.254 e. The van der Waals surface area contributed by atoms with Gasteiger partial charge in [0.15, 0.2) is 0 Å². The molecule has 0 saturated carbocycles. The molecule has 3 rings (SSSR count). The first-order valence-electron chi connectivity index (χ1n) is 7.38. The van der Waals surface area contributed by atoms with Gasteiger partial charge in [-0.15, -0.1) is 0 Å². The highest BCUT2D eigenvalue weighted by Gasteiger charge is 2.16. The van der Waals surface area contributed by atoms with Crippen LogP contribution in [0, 0.1) is 12.3 Å². The maximum Gasteiger partial charge on any atom is 0.254 e. The molecule has 8 heteroatoms. The maximum absolute atomic E-state index is 11.6. The number of hydrogen-bond acceptors (Lipinski definition) is 6. The standard InChI is InChI=1S/C16H18N6OS/c1-11-14(8-12-4-6-13(7-5-12)24(23)9-17)15(21(2)3)22-16(20-11)18-10-19-22/h4-7,9-10,17H,8H2,1-3H3. The van der Waals surface area contributed by atoms with Crippen LogP contribution in [0.25, 0.3) is 5.78 Å². The fourth-order valence-electron chi connectivity index (χ4n) is 2.65. The summed E-state index contributed by atoms with van der Waals surface area (Å²) in [6, 6.07) is 7.45. The van der Waals surface area contributed by atoms with Crippen LogP contribution < -0.4 is 4.90 Å². The molecular formula is C16H18N6OS. The van der Waals surface area contributed by atoms with Crippen LogP contribution in [0.3, 0.4) is 0 Å². The van der Waals surface area contributed by atoms with Gasteiger partial charge in [-0.2, -0.15) is 14.6 Å². The predicted molar refractivity (Wildman–Crippen MR) is 94.3 cm³/mol. The van der Waals surface area contributed by atoms with Gasteiger partial charge in [-0.1, -0.05) is 12.1 Å². The third-order valence-corrected chi connectivity index (χ3v) is 4.72. The zero-order chi connectivity index (χ0) is 17.3. The van der Waals surface area contributed by atoms with E-state index in [2.05, 4.69) is 15.1 Å². The second kappa shape index (κ2) is 6.48. The second-order valence-corrected chi connectivity index (χ2v) is 6.90. The zero-order valence-electron chi connectivity index (χ0n) is 13.7. The SMILES string of the molecule is Cc1nc2ncnn2c(N(C)C)c1Cc1ccc(S(=O)C=N)cc1. The third-order valence-electron chi connectivity index (χ3n) is 3.77. The molecule has 2 aromatic heterocycles. The van der Waals surface area contributed by atoms with Crippen molar-refractivity contribution < 1.29 is 4.21 Å². The highest BCUT2D eigenvalue weighted by atomic mass is 32.2. The Kier molecular flexibility index (Phi) is 4.39. The number of hydrogen-bond donors (Lipinski definition) is 1.